The number of anilines is 2. The highest BCUT2D eigenvalue weighted by molar-refractivity contribution is 5.94. The van der Waals surface area contributed by atoms with Crippen LogP contribution in [0.5, 0.6) is 0 Å². The van der Waals surface area contributed by atoms with E-state index in [2.05, 4.69) is 15.0 Å². The van der Waals surface area contributed by atoms with Crippen LogP contribution in [0.4, 0.5) is 11.8 Å². The molecule has 0 saturated carbocycles. The molecule has 1 amide bonds. The van der Waals surface area contributed by atoms with Gasteiger partial charge in [0, 0.05) is 43.1 Å². The number of nitriles is 1. The fourth-order valence-electron chi connectivity index (χ4n) is 3.08. The molecule has 1 aliphatic heterocycles. The molecule has 0 aliphatic carbocycles. The van der Waals surface area contributed by atoms with Gasteiger partial charge in [0.1, 0.15) is 17.5 Å². The first-order valence-electron chi connectivity index (χ1n) is 8.50. The van der Waals surface area contributed by atoms with Crippen LogP contribution in [0.1, 0.15) is 33.7 Å². The average Bonchev–Trinajstić information content (AvgIpc) is 2.86. The molecule has 0 bridgehead atoms. The van der Waals surface area contributed by atoms with E-state index < -0.39 is 0 Å². The zero-order valence-electron chi connectivity index (χ0n) is 14.9. The smallest absolute Gasteiger partial charge is 0.254 e. The van der Waals surface area contributed by atoms with Gasteiger partial charge in [0.25, 0.3) is 5.91 Å². The average molecular weight is 351 g/mol. The molecule has 3 heterocycles. The SMILES string of the molecule is Cc1cc(C(=O)N2CCCN(c3ncc(C#N)c(N)n3)CC2)cc(C)n1. The molecule has 3 rings (SSSR count). The minimum atomic E-state index is 0.0145. The number of pyridine rings is 1. The molecule has 26 heavy (non-hydrogen) atoms. The highest BCUT2D eigenvalue weighted by Gasteiger charge is 2.22. The maximum Gasteiger partial charge on any atom is 0.254 e. The molecular weight excluding hydrogens is 330 g/mol. The van der Waals surface area contributed by atoms with E-state index in [4.69, 9.17) is 11.0 Å². The number of aromatic nitrogens is 3. The fourth-order valence-corrected chi connectivity index (χ4v) is 3.08. The molecule has 1 aliphatic rings. The first-order valence-corrected chi connectivity index (χ1v) is 8.50. The molecule has 2 N–H and O–H groups in total. The van der Waals surface area contributed by atoms with E-state index in [0.29, 0.717) is 31.1 Å². The van der Waals surface area contributed by atoms with Gasteiger partial charge in [0.15, 0.2) is 0 Å². The highest BCUT2D eigenvalue weighted by Crippen LogP contribution is 2.16. The second-order valence-electron chi connectivity index (χ2n) is 6.35. The van der Waals surface area contributed by atoms with Crippen molar-refractivity contribution in [2.24, 2.45) is 0 Å². The molecule has 1 fully saturated rings. The van der Waals surface area contributed by atoms with Gasteiger partial charge in [-0.25, -0.2) is 4.98 Å². The fraction of sp³-hybridized carbons (Fsp3) is 0.389. The lowest BCUT2D eigenvalue weighted by Gasteiger charge is -2.22. The van der Waals surface area contributed by atoms with Crippen LogP contribution < -0.4 is 10.6 Å². The highest BCUT2D eigenvalue weighted by atomic mass is 16.2. The molecular formula is C18H21N7O. The van der Waals surface area contributed by atoms with E-state index in [1.807, 2.05) is 41.8 Å². The van der Waals surface area contributed by atoms with Crippen LogP contribution in [0, 0.1) is 25.2 Å². The minimum Gasteiger partial charge on any atom is -0.382 e. The van der Waals surface area contributed by atoms with Gasteiger partial charge < -0.3 is 15.5 Å². The van der Waals surface area contributed by atoms with Crippen LogP contribution in [0.15, 0.2) is 18.3 Å². The van der Waals surface area contributed by atoms with Crippen LogP contribution in [-0.4, -0.2) is 51.9 Å². The van der Waals surface area contributed by atoms with Gasteiger partial charge in [-0.3, -0.25) is 9.78 Å². The molecule has 1 saturated heterocycles. The predicted molar refractivity (Wildman–Crippen MR) is 97.6 cm³/mol. The van der Waals surface area contributed by atoms with E-state index in [9.17, 15) is 4.79 Å². The van der Waals surface area contributed by atoms with Crippen molar-refractivity contribution in [1.29, 1.82) is 5.26 Å². The van der Waals surface area contributed by atoms with Crippen molar-refractivity contribution in [2.75, 3.05) is 36.8 Å². The molecule has 134 valence electrons. The van der Waals surface area contributed by atoms with Crippen molar-refractivity contribution >= 4 is 17.7 Å². The Morgan fingerprint density at radius 1 is 1.15 bits per heavy atom. The van der Waals surface area contributed by atoms with Crippen LogP contribution in [-0.2, 0) is 0 Å². The summed E-state index contributed by atoms with van der Waals surface area (Å²) in [5, 5.41) is 8.94. The van der Waals surface area contributed by atoms with Gasteiger partial charge in [0.05, 0.1) is 6.20 Å². The Morgan fingerprint density at radius 2 is 1.88 bits per heavy atom. The summed E-state index contributed by atoms with van der Waals surface area (Å²) in [6.45, 7) is 6.36. The maximum atomic E-state index is 12.8. The first-order chi connectivity index (χ1) is 12.5. The van der Waals surface area contributed by atoms with Crippen molar-refractivity contribution < 1.29 is 4.79 Å². The quantitative estimate of drug-likeness (QED) is 0.867. The molecule has 0 spiro atoms. The number of aryl methyl sites for hydroxylation is 2. The summed E-state index contributed by atoms with van der Waals surface area (Å²) in [6, 6.07) is 5.60. The molecule has 0 unspecified atom stereocenters. The summed E-state index contributed by atoms with van der Waals surface area (Å²) in [4.78, 5) is 29.4. The Kier molecular flexibility index (Phi) is 4.98. The van der Waals surface area contributed by atoms with Crippen molar-refractivity contribution in [1.82, 2.24) is 19.9 Å². The molecule has 8 nitrogen and oxygen atoms in total. The van der Waals surface area contributed by atoms with Crippen LogP contribution >= 0.6 is 0 Å². The van der Waals surface area contributed by atoms with Gasteiger partial charge in [-0.2, -0.15) is 10.2 Å². The summed E-state index contributed by atoms with van der Waals surface area (Å²) in [5.74, 6) is 0.685. The van der Waals surface area contributed by atoms with Crippen LogP contribution in [0.3, 0.4) is 0 Å². The lowest BCUT2D eigenvalue weighted by Crippen LogP contribution is -2.35. The van der Waals surface area contributed by atoms with E-state index in [-0.39, 0.29) is 17.3 Å². The zero-order valence-corrected chi connectivity index (χ0v) is 14.9. The number of rotatable bonds is 2. The van der Waals surface area contributed by atoms with Crippen LogP contribution in [0.2, 0.25) is 0 Å². The van der Waals surface area contributed by atoms with Gasteiger partial charge in [-0.15, -0.1) is 0 Å². The second kappa shape index (κ2) is 7.35. The van der Waals surface area contributed by atoms with Gasteiger partial charge in [-0.05, 0) is 32.4 Å². The lowest BCUT2D eigenvalue weighted by molar-refractivity contribution is 0.0766. The van der Waals surface area contributed by atoms with Crippen molar-refractivity contribution in [2.45, 2.75) is 20.3 Å². The number of carbonyl (C=O) groups excluding carboxylic acids is 1. The normalized spacial score (nSPS) is 14.7. The largest absolute Gasteiger partial charge is 0.382 e. The summed E-state index contributed by atoms with van der Waals surface area (Å²) in [7, 11) is 0. The standard InChI is InChI=1S/C18H21N7O/c1-12-8-14(9-13(2)22-12)17(26)24-4-3-5-25(7-6-24)18-21-11-15(10-19)16(20)23-18/h8-9,11H,3-7H2,1-2H3,(H2,20,21,23). The third kappa shape index (κ3) is 3.72. The summed E-state index contributed by atoms with van der Waals surface area (Å²) < 4.78 is 0. The number of hydrogen-bond acceptors (Lipinski definition) is 7. The summed E-state index contributed by atoms with van der Waals surface area (Å²) >= 11 is 0. The Hall–Kier alpha value is -3.21. The van der Waals surface area contributed by atoms with Gasteiger partial charge >= 0.3 is 0 Å². The molecule has 2 aromatic rings. The maximum absolute atomic E-state index is 12.8. The Balaban J connectivity index is 1.73. The molecule has 0 aromatic carbocycles. The van der Waals surface area contributed by atoms with Gasteiger partial charge in [0.2, 0.25) is 5.95 Å². The number of carbonyl (C=O) groups is 1. The van der Waals surface area contributed by atoms with E-state index in [1.165, 1.54) is 6.20 Å². The predicted octanol–water partition coefficient (Wildman–Crippen LogP) is 1.29. The number of hydrogen-bond donors (Lipinski definition) is 1. The summed E-state index contributed by atoms with van der Waals surface area (Å²) in [5.41, 5.74) is 8.40. The topological polar surface area (TPSA) is 112 Å². The van der Waals surface area contributed by atoms with E-state index in [0.717, 1.165) is 24.4 Å². The molecule has 0 atom stereocenters. The van der Waals surface area contributed by atoms with E-state index in [1.54, 1.807) is 0 Å². The summed E-state index contributed by atoms with van der Waals surface area (Å²) in [6.07, 6.45) is 2.24. The van der Waals surface area contributed by atoms with Crippen molar-refractivity contribution in [3.8, 4) is 6.07 Å². The number of nitrogens with two attached hydrogens (primary N) is 1. The Morgan fingerprint density at radius 3 is 2.54 bits per heavy atom. The van der Waals surface area contributed by atoms with Crippen LogP contribution in [0.25, 0.3) is 0 Å². The first kappa shape index (κ1) is 17.6. The minimum absolute atomic E-state index is 0.0145. The monoisotopic (exact) mass is 351 g/mol. The molecule has 8 heteroatoms. The lowest BCUT2D eigenvalue weighted by atomic mass is 10.1. The van der Waals surface area contributed by atoms with Crippen molar-refractivity contribution in [3.63, 3.8) is 0 Å². The number of nitrogens with zero attached hydrogens (tertiary/aromatic N) is 6. The number of nitrogen functional groups attached to an aromatic ring is 1. The Bertz CT molecular complexity index is 854. The second-order valence-corrected chi connectivity index (χ2v) is 6.35. The third-order valence-electron chi connectivity index (χ3n) is 4.32. The third-order valence-corrected chi connectivity index (χ3v) is 4.32. The number of amides is 1. The van der Waals surface area contributed by atoms with E-state index >= 15 is 0 Å². The Labute approximate surface area is 152 Å². The molecule has 2 aromatic heterocycles. The van der Waals surface area contributed by atoms with Crippen molar-refractivity contribution in [3.05, 3.63) is 40.8 Å². The molecule has 0 radical (unpaired) electrons. The zero-order chi connectivity index (χ0) is 18.7. The van der Waals surface area contributed by atoms with Gasteiger partial charge in [-0.1, -0.05) is 0 Å².